The van der Waals surface area contributed by atoms with Crippen molar-refractivity contribution in [3.63, 3.8) is 0 Å². The molecule has 0 aromatic heterocycles. The van der Waals surface area contributed by atoms with Crippen molar-refractivity contribution < 1.29 is 13.2 Å². The molecule has 1 saturated heterocycles. The lowest BCUT2D eigenvalue weighted by Crippen LogP contribution is -2.32. The molecule has 0 saturated carbocycles. The van der Waals surface area contributed by atoms with Crippen molar-refractivity contribution in [2.45, 2.75) is 32.7 Å². The predicted molar refractivity (Wildman–Crippen MR) is 118 cm³/mol. The lowest BCUT2D eigenvalue weighted by Gasteiger charge is -2.32. The standard InChI is InChI=1S/C22H29N3O3S/c1-16-12-14-25(15-13-16)19-10-8-18(9-11-19)17(2)23-22(26)20-6-4-5-7-21(20)24-29(3,27)28/h4-11,16-17,24H,12-15H2,1-3H3,(H,23,26). The first-order valence-corrected chi connectivity index (χ1v) is 11.8. The quantitative estimate of drug-likeness (QED) is 0.752. The van der Waals surface area contributed by atoms with Gasteiger partial charge in [-0.25, -0.2) is 8.42 Å². The van der Waals surface area contributed by atoms with E-state index in [0.29, 0.717) is 5.56 Å². The summed E-state index contributed by atoms with van der Waals surface area (Å²) < 4.78 is 25.5. The monoisotopic (exact) mass is 415 g/mol. The Labute approximate surface area is 173 Å². The third kappa shape index (κ3) is 5.73. The highest BCUT2D eigenvalue weighted by atomic mass is 32.2. The van der Waals surface area contributed by atoms with Crippen LogP contribution in [0, 0.1) is 5.92 Å². The van der Waals surface area contributed by atoms with Gasteiger partial charge in [0.2, 0.25) is 10.0 Å². The Hall–Kier alpha value is -2.54. The van der Waals surface area contributed by atoms with Crippen molar-refractivity contribution >= 4 is 27.3 Å². The Balaban J connectivity index is 1.67. The molecule has 1 atom stereocenters. The molecule has 0 radical (unpaired) electrons. The molecule has 1 amide bonds. The van der Waals surface area contributed by atoms with Gasteiger partial charge in [-0.15, -0.1) is 0 Å². The molecule has 0 spiro atoms. The van der Waals surface area contributed by atoms with Crippen LogP contribution in [0.3, 0.4) is 0 Å². The van der Waals surface area contributed by atoms with Gasteiger partial charge in [-0.2, -0.15) is 0 Å². The molecule has 2 aromatic carbocycles. The molecule has 1 aliphatic heterocycles. The van der Waals surface area contributed by atoms with E-state index >= 15 is 0 Å². The third-order valence-corrected chi connectivity index (χ3v) is 5.95. The van der Waals surface area contributed by atoms with Crippen LogP contribution in [0.4, 0.5) is 11.4 Å². The number of amides is 1. The summed E-state index contributed by atoms with van der Waals surface area (Å²) in [5, 5.41) is 2.96. The van der Waals surface area contributed by atoms with Crippen molar-refractivity contribution in [3.05, 3.63) is 59.7 Å². The van der Waals surface area contributed by atoms with E-state index in [1.165, 1.54) is 18.5 Å². The minimum atomic E-state index is -3.47. The van der Waals surface area contributed by atoms with Gasteiger partial charge in [0.1, 0.15) is 0 Å². The van der Waals surface area contributed by atoms with Gasteiger partial charge in [-0.3, -0.25) is 9.52 Å². The molecule has 7 heteroatoms. The summed E-state index contributed by atoms with van der Waals surface area (Å²) in [5.41, 5.74) is 2.78. The van der Waals surface area contributed by atoms with E-state index in [2.05, 4.69) is 34.0 Å². The molecule has 2 N–H and O–H groups in total. The SMILES string of the molecule is CC1CCN(c2ccc(C(C)NC(=O)c3ccccc3NS(C)(=O)=O)cc2)CC1. The number of nitrogens with zero attached hydrogens (tertiary/aromatic N) is 1. The molecular weight excluding hydrogens is 386 g/mol. The predicted octanol–water partition coefficient (Wildman–Crippen LogP) is 3.79. The van der Waals surface area contributed by atoms with Gasteiger partial charge in [-0.1, -0.05) is 31.2 Å². The fourth-order valence-corrected chi connectivity index (χ4v) is 4.15. The summed E-state index contributed by atoms with van der Waals surface area (Å²) >= 11 is 0. The van der Waals surface area contributed by atoms with Gasteiger partial charge < -0.3 is 10.2 Å². The van der Waals surface area contributed by atoms with Gasteiger partial charge in [0.15, 0.2) is 0 Å². The van der Waals surface area contributed by atoms with E-state index < -0.39 is 10.0 Å². The number of rotatable bonds is 6. The van der Waals surface area contributed by atoms with E-state index in [1.807, 2.05) is 19.1 Å². The summed E-state index contributed by atoms with van der Waals surface area (Å²) in [5.74, 6) is 0.471. The molecule has 2 aromatic rings. The number of piperidine rings is 1. The Bertz CT molecular complexity index is 950. The first-order chi connectivity index (χ1) is 13.7. The van der Waals surface area contributed by atoms with Crippen LogP contribution < -0.4 is 14.9 Å². The van der Waals surface area contributed by atoms with Gasteiger partial charge in [0.05, 0.1) is 23.5 Å². The molecule has 156 valence electrons. The second kappa shape index (κ2) is 8.86. The minimum absolute atomic E-state index is 0.204. The lowest BCUT2D eigenvalue weighted by atomic mass is 9.98. The molecule has 1 fully saturated rings. The fourth-order valence-electron chi connectivity index (χ4n) is 3.57. The van der Waals surface area contributed by atoms with Crippen LogP contribution in [-0.2, 0) is 10.0 Å². The van der Waals surface area contributed by atoms with Crippen LogP contribution >= 0.6 is 0 Å². The number of carbonyl (C=O) groups is 1. The molecule has 1 heterocycles. The summed E-state index contributed by atoms with van der Waals surface area (Å²) in [6.45, 7) is 6.38. The molecule has 0 aliphatic carbocycles. The first-order valence-electron chi connectivity index (χ1n) is 9.95. The second-order valence-electron chi connectivity index (χ2n) is 7.88. The van der Waals surface area contributed by atoms with Crippen molar-refractivity contribution in [1.82, 2.24) is 5.32 Å². The van der Waals surface area contributed by atoms with Gasteiger partial charge in [-0.05, 0) is 55.5 Å². The fraction of sp³-hybridized carbons (Fsp3) is 0.409. The normalized spacial score (nSPS) is 16.3. The number of para-hydroxylation sites is 1. The number of sulfonamides is 1. The Morgan fingerprint density at radius 2 is 1.69 bits per heavy atom. The van der Waals surface area contributed by atoms with Crippen molar-refractivity contribution in [3.8, 4) is 0 Å². The van der Waals surface area contributed by atoms with Crippen LogP contribution in [0.5, 0.6) is 0 Å². The Morgan fingerprint density at radius 1 is 1.07 bits per heavy atom. The maximum atomic E-state index is 12.7. The first kappa shape index (κ1) is 21.2. The lowest BCUT2D eigenvalue weighted by molar-refractivity contribution is 0.0941. The van der Waals surface area contributed by atoms with Gasteiger partial charge in [0.25, 0.3) is 5.91 Å². The highest BCUT2D eigenvalue weighted by Gasteiger charge is 2.18. The highest BCUT2D eigenvalue weighted by molar-refractivity contribution is 7.92. The summed E-state index contributed by atoms with van der Waals surface area (Å²) in [7, 11) is -3.47. The van der Waals surface area contributed by atoms with Crippen LogP contribution in [0.2, 0.25) is 0 Å². The number of hydrogen-bond acceptors (Lipinski definition) is 4. The molecular formula is C22H29N3O3S. The van der Waals surface area contributed by atoms with Crippen molar-refractivity contribution in [2.24, 2.45) is 5.92 Å². The number of carbonyl (C=O) groups excluding carboxylic acids is 1. The molecule has 1 unspecified atom stereocenters. The average Bonchev–Trinajstić information content (AvgIpc) is 2.68. The van der Waals surface area contributed by atoms with Crippen molar-refractivity contribution in [1.29, 1.82) is 0 Å². The van der Waals surface area contributed by atoms with Crippen molar-refractivity contribution in [2.75, 3.05) is 29.0 Å². The van der Waals surface area contributed by atoms with Crippen LogP contribution in [-0.4, -0.2) is 33.7 Å². The van der Waals surface area contributed by atoms with E-state index in [0.717, 1.165) is 30.8 Å². The maximum Gasteiger partial charge on any atom is 0.253 e. The second-order valence-corrected chi connectivity index (χ2v) is 9.62. The van der Waals surface area contributed by atoms with Crippen LogP contribution in [0.15, 0.2) is 48.5 Å². The van der Waals surface area contributed by atoms with Gasteiger partial charge >= 0.3 is 0 Å². The highest BCUT2D eigenvalue weighted by Crippen LogP contribution is 2.25. The minimum Gasteiger partial charge on any atom is -0.372 e. The Kier molecular flexibility index (Phi) is 6.47. The molecule has 1 aliphatic rings. The molecule has 0 bridgehead atoms. The van der Waals surface area contributed by atoms with Crippen LogP contribution in [0.25, 0.3) is 0 Å². The van der Waals surface area contributed by atoms with Crippen LogP contribution in [0.1, 0.15) is 48.7 Å². The van der Waals surface area contributed by atoms with E-state index in [9.17, 15) is 13.2 Å². The topological polar surface area (TPSA) is 78.5 Å². The number of benzene rings is 2. The number of anilines is 2. The average molecular weight is 416 g/mol. The number of nitrogens with one attached hydrogen (secondary N) is 2. The zero-order valence-electron chi connectivity index (χ0n) is 17.2. The largest absolute Gasteiger partial charge is 0.372 e. The third-order valence-electron chi connectivity index (χ3n) is 5.36. The molecule has 29 heavy (non-hydrogen) atoms. The smallest absolute Gasteiger partial charge is 0.253 e. The number of hydrogen-bond donors (Lipinski definition) is 2. The van der Waals surface area contributed by atoms with E-state index in [-0.39, 0.29) is 17.6 Å². The summed E-state index contributed by atoms with van der Waals surface area (Å²) in [6, 6.07) is 14.7. The Morgan fingerprint density at radius 3 is 2.31 bits per heavy atom. The zero-order valence-corrected chi connectivity index (χ0v) is 18.0. The maximum absolute atomic E-state index is 12.7. The summed E-state index contributed by atoms with van der Waals surface area (Å²) in [6.07, 6.45) is 3.50. The summed E-state index contributed by atoms with van der Waals surface area (Å²) in [4.78, 5) is 15.1. The van der Waals surface area contributed by atoms with E-state index in [4.69, 9.17) is 0 Å². The zero-order chi connectivity index (χ0) is 21.0. The van der Waals surface area contributed by atoms with E-state index in [1.54, 1.807) is 24.3 Å². The molecule has 3 rings (SSSR count). The van der Waals surface area contributed by atoms with Gasteiger partial charge in [0, 0.05) is 18.8 Å². The molecule has 6 nitrogen and oxygen atoms in total.